The molecule has 0 aromatic rings. The van der Waals surface area contributed by atoms with Crippen LogP contribution in [0.4, 0.5) is 0 Å². The van der Waals surface area contributed by atoms with Crippen LogP contribution < -0.4 is 0 Å². The molecular weight excluding hydrogens is 176 g/mol. The summed E-state index contributed by atoms with van der Waals surface area (Å²) in [6, 6.07) is 0. The van der Waals surface area contributed by atoms with Crippen LogP contribution in [0.25, 0.3) is 0 Å². The highest BCUT2D eigenvalue weighted by Crippen LogP contribution is 2.70. The molecular formula is C12H20O2. The quantitative estimate of drug-likeness (QED) is 0.620. The van der Waals surface area contributed by atoms with E-state index in [0.717, 1.165) is 44.9 Å². The first-order valence-electron chi connectivity index (χ1n) is 5.99. The normalized spacial score (nSPS) is 61.5. The van der Waals surface area contributed by atoms with Gasteiger partial charge in [0.2, 0.25) is 0 Å². The monoisotopic (exact) mass is 196 g/mol. The Labute approximate surface area is 85.3 Å². The van der Waals surface area contributed by atoms with E-state index in [0.29, 0.717) is 0 Å². The van der Waals surface area contributed by atoms with E-state index >= 15 is 0 Å². The zero-order chi connectivity index (χ0) is 10.0. The third-order valence-corrected chi connectivity index (χ3v) is 5.53. The van der Waals surface area contributed by atoms with E-state index in [4.69, 9.17) is 0 Å². The van der Waals surface area contributed by atoms with Crippen LogP contribution >= 0.6 is 0 Å². The number of aliphatic hydroxyl groups is 2. The summed E-state index contributed by atoms with van der Waals surface area (Å²) in [5, 5.41) is 21.4. The number of hydrogen-bond acceptors (Lipinski definition) is 2. The maximum atomic E-state index is 10.8. The standard InChI is InChI=1S/C12H20O2/c1-9-8-11(13)6-2-4-10(11)5-3-7-12(9,10)14/h9,13-14H,2-8H2,1H3/t9-,10?,11-,12+/m1/s1. The Kier molecular flexibility index (Phi) is 1.54. The molecule has 3 saturated carbocycles. The molecule has 1 spiro atoms. The molecule has 3 aliphatic carbocycles. The van der Waals surface area contributed by atoms with Crippen molar-refractivity contribution in [2.75, 3.05) is 0 Å². The number of rotatable bonds is 0. The third-order valence-electron chi connectivity index (χ3n) is 5.53. The van der Waals surface area contributed by atoms with Gasteiger partial charge in [-0.3, -0.25) is 0 Å². The first-order chi connectivity index (χ1) is 6.54. The lowest BCUT2D eigenvalue weighted by Gasteiger charge is -2.41. The molecule has 3 fully saturated rings. The minimum atomic E-state index is -0.543. The van der Waals surface area contributed by atoms with E-state index in [2.05, 4.69) is 6.92 Å². The molecule has 0 heterocycles. The van der Waals surface area contributed by atoms with Crippen molar-refractivity contribution in [2.45, 2.75) is 63.1 Å². The van der Waals surface area contributed by atoms with Crippen LogP contribution in [-0.4, -0.2) is 21.4 Å². The smallest absolute Gasteiger partial charge is 0.0757 e. The molecule has 1 unspecified atom stereocenters. The summed E-state index contributed by atoms with van der Waals surface area (Å²) in [5.74, 6) is 0.287. The second-order valence-corrected chi connectivity index (χ2v) is 5.85. The van der Waals surface area contributed by atoms with Crippen LogP contribution in [0.15, 0.2) is 0 Å². The molecule has 3 aliphatic rings. The van der Waals surface area contributed by atoms with Crippen molar-refractivity contribution in [3.63, 3.8) is 0 Å². The van der Waals surface area contributed by atoms with Gasteiger partial charge in [-0.25, -0.2) is 0 Å². The molecule has 0 saturated heterocycles. The molecule has 0 aromatic heterocycles. The molecule has 2 heteroatoms. The van der Waals surface area contributed by atoms with Gasteiger partial charge in [-0.2, -0.15) is 0 Å². The number of hydrogen-bond donors (Lipinski definition) is 2. The lowest BCUT2D eigenvalue weighted by atomic mass is 9.69. The van der Waals surface area contributed by atoms with Gasteiger partial charge < -0.3 is 10.2 Å². The topological polar surface area (TPSA) is 40.5 Å². The maximum Gasteiger partial charge on any atom is 0.0757 e. The fourth-order valence-corrected chi connectivity index (χ4v) is 4.94. The minimum Gasteiger partial charge on any atom is -0.389 e. The van der Waals surface area contributed by atoms with Gasteiger partial charge in [0.1, 0.15) is 0 Å². The SMILES string of the molecule is C[C@@H]1C[C@]2(O)CCCC23CCC[C@]13O. The van der Waals surface area contributed by atoms with Gasteiger partial charge >= 0.3 is 0 Å². The Hall–Kier alpha value is -0.0800. The summed E-state index contributed by atoms with van der Waals surface area (Å²) in [6.45, 7) is 2.11. The first kappa shape index (κ1) is 9.17. The summed E-state index contributed by atoms with van der Waals surface area (Å²) in [4.78, 5) is 0. The van der Waals surface area contributed by atoms with Gasteiger partial charge in [-0.15, -0.1) is 0 Å². The Morgan fingerprint density at radius 1 is 1.00 bits per heavy atom. The van der Waals surface area contributed by atoms with E-state index < -0.39 is 11.2 Å². The Morgan fingerprint density at radius 2 is 1.64 bits per heavy atom. The molecule has 2 N–H and O–H groups in total. The molecule has 0 aromatic carbocycles. The Morgan fingerprint density at radius 3 is 2.36 bits per heavy atom. The van der Waals surface area contributed by atoms with Gasteiger partial charge in [-0.1, -0.05) is 6.92 Å². The fourth-order valence-electron chi connectivity index (χ4n) is 4.94. The predicted molar refractivity (Wildman–Crippen MR) is 53.8 cm³/mol. The molecule has 0 amide bonds. The highest BCUT2D eigenvalue weighted by atomic mass is 16.3. The van der Waals surface area contributed by atoms with Gasteiger partial charge in [0, 0.05) is 5.41 Å². The van der Waals surface area contributed by atoms with Crippen LogP contribution in [-0.2, 0) is 0 Å². The van der Waals surface area contributed by atoms with Crippen molar-refractivity contribution >= 4 is 0 Å². The van der Waals surface area contributed by atoms with Crippen molar-refractivity contribution in [3.8, 4) is 0 Å². The zero-order valence-corrected chi connectivity index (χ0v) is 8.92. The van der Waals surface area contributed by atoms with Crippen LogP contribution in [0.5, 0.6) is 0 Å². The highest BCUT2D eigenvalue weighted by Gasteiger charge is 2.72. The largest absolute Gasteiger partial charge is 0.389 e. The van der Waals surface area contributed by atoms with Gasteiger partial charge in [0.15, 0.2) is 0 Å². The summed E-state index contributed by atoms with van der Waals surface area (Å²) < 4.78 is 0. The van der Waals surface area contributed by atoms with Crippen molar-refractivity contribution in [3.05, 3.63) is 0 Å². The third kappa shape index (κ3) is 0.704. The van der Waals surface area contributed by atoms with Crippen LogP contribution in [0.1, 0.15) is 51.9 Å². The second kappa shape index (κ2) is 2.35. The average molecular weight is 196 g/mol. The van der Waals surface area contributed by atoms with Gasteiger partial charge in [0.05, 0.1) is 11.2 Å². The predicted octanol–water partition coefficient (Wildman–Crippen LogP) is 1.84. The van der Waals surface area contributed by atoms with Crippen molar-refractivity contribution < 1.29 is 10.2 Å². The van der Waals surface area contributed by atoms with Crippen LogP contribution in [0.3, 0.4) is 0 Å². The molecule has 0 bridgehead atoms. The minimum absolute atomic E-state index is 0.126. The molecule has 0 aliphatic heterocycles. The molecule has 2 nitrogen and oxygen atoms in total. The van der Waals surface area contributed by atoms with Crippen molar-refractivity contribution in [1.29, 1.82) is 0 Å². The molecule has 3 rings (SSSR count). The van der Waals surface area contributed by atoms with E-state index in [-0.39, 0.29) is 11.3 Å². The lowest BCUT2D eigenvalue weighted by molar-refractivity contribution is -0.121. The summed E-state index contributed by atoms with van der Waals surface area (Å²) in [6.07, 6.45) is 6.95. The fraction of sp³-hybridized carbons (Fsp3) is 1.00. The Balaban J connectivity index is 2.13. The van der Waals surface area contributed by atoms with E-state index in [1.807, 2.05) is 0 Å². The second-order valence-electron chi connectivity index (χ2n) is 5.85. The van der Waals surface area contributed by atoms with E-state index in [1.54, 1.807) is 0 Å². The molecule has 80 valence electrons. The van der Waals surface area contributed by atoms with E-state index in [1.165, 1.54) is 0 Å². The summed E-state index contributed by atoms with van der Waals surface area (Å²) in [7, 11) is 0. The highest BCUT2D eigenvalue weighted by molar-refractivity contribution is 5.23. The summed E-state index contributed by atoms with van der Waals surface area (Å²) in [5.41, 5.74) is -1.20. The maximum absolute atomic E-state index is 10.8. The van der Waals surface area contributed by atoms with E-state index in [9.17, 15) is 10.2 Å². The zero-order valence-electron chi connectivity index (χ0n) is 8.92. The molecule has 4 atom stereocenters. The average Bonchev–Trinajstić information content (AvgIpc) is 2.63. The van der Waals surface area contributed by atoms with Crippen molar-refractivity contribution in [1.82, 2.24) is 0 Å². The molecule has 14 heavy (non-hydrogen) atoms. The first-order valence-corrected chi connectivity index (χ1v) is 5.99. The van der Waals surface area contributed by atoms with Crippen molar-refractivity contribution in [2.24, 2.45) is 11.3 Å². The van der Waals surface area contributed by atoms with Gasteiger partial charge in [0.25, 0.3) is 0 Å². The lowest BCUT2D eigenvalue weighted by Crippen LogP contribution is -2.49. The van der Waals surface area contributed by atoms with Crippen LogP contribution in [0, 0.1) is 11.3 Å². The summed E-state index contributed by atoms with van der Waals surface area (Å²) >= 11 is 0. The van der Waals surface area contributed by atoms with Gasteiger partial charge in [-0.05, 0) is 50.9 Å². The Bertz CT molecular complexity index is 273. The van der Waals surface area contributed by atoms with Crippen LogP contribution in [0.2, 0.25) is 0 Å². The molecule has 0 radical (unpaired) electrons.